The summed E-state index contributed by atoms with van der Waals surface area (Å²) < 4.78 is 0. The van der Waals surface area contributed by atoms with E-state index in [0.29, 0.717) is 5.41 Å². The van der Waals surface area contributed by atoms with Gasteiger partial charge in [-0.3, -0.25) is 4.79 Å². The van der Waals surface area contributed by atoms with Gasteiger partial charge in [-0.1, -0.05) is 74.7 Å². The van der Waals surface area contributed by atoms with Crippen molar-refractivity contribution in [3.05, 3.63) is 0 Å². The van der Waals surface area contributed by atoms with E-state index in [1.807, 2.05) is 0 Å². The van der Waals surface area contributed by atoms with Gasteiger partial charge in [0.2, 0.25) is 5.91 Å². The molecule has 1 unspecified atom stereocenters. The molecule has 0 aliphatic rings. The van der Waals surface area contributed by atoms with Crippen LogP contribution in [0.15, 0.2) is 0 Å². The van der Waals surface area contributed by atoms with Gasteiger partial charge in [0.25, 0.3) is 0 Å². The molecule has 0 rings (SSSR count). The minimum absolute atomic E-state index is 0.160. The van der Waals surface area contributed by atoms with Crippen molar-refractivity contribution in [2.45, 2.75) is 107 Å². The van der Waals surface area contributed by atoms with E-state index >= 15 is 0 Å². The average molecular weight is 354 g/mol. The van der Waals surface area contributed by atoms with Crippen LogP contribution in [0.5, 0.6) is 0 Å². The first-order valence-corrected chi connectivity index (χ1v) is 10.6. The molecule has 1 N–H and O–H groups in total. The average Bonchev–Trinajstić information content (AvgIpc) is 2.49. The van der Waals surface area contributed by atoms with Crippen LogP contribution >= 0.6 is 0 Å². The fraction of sp³-hybridized carbons (Fsp3) is 0.957. The molecule has 0 aromatic rings. The number of hydrogen-bond acceptors (Lipinski definition) is 1. The van der Waals surface area contributed by atoms with Gasteiger partial charge in [-0.25, -0.2) is 0 Å². The van der Waals surface area contributed by atoms with Crippen molar-refractivity contribution < 1.29 is 4.79 Å². The minimum atomic E-state index is 0.160. The summed E-state index contributed by atoms with van der Waals surface area (Å²) in [5.74, 6) is 1.91. The summed E-state index contributed by atoms with van der Waals surface area (Å²) in [6.45, 7) is 18.6. The van der Waals surface area contributed by atoms with E-state index in [0.717, 1.165) is 31.1 Å². The van der Waals surface area contributed by atoms with Crippen LogP contribution in [0.25, 0.3) is 0 Å². The Morgan fingerprint density at radius 2 is 1.28 bits per heavy atom. The van der Waals surface area contributed by atoms with E-state index in [-0.39, 0.29) is 17.2 Å². The third kappa shape index (κ3) is 12.5. The van der Waals surface area contributed by atoms with Crippen LogP contribution < -0.4 is 5.32 Å². The van der Waals surface area contributed by atoms with E-state index in [9.17, 15) is 4.79 Å². The highest BCUT2D eigenvalue weighted by atomic mass is 16.1. The predicted molar refractivity (Wildman–Crippen MR) is 112 cm³/mol. The molecule has 0 aliphatic carbocycles. The Bertz CT molecular complexity index is 368. The first-order valence-electron chi connectivity index (χ1n) is 10.6. The van der Waals surface area contributed by atoms with Crippen LogP contribution in [0.1, 0.15) is 107 Å². The zero-order chi connectivity index (χ0) is 19.7. The maximum atomic E-state index is 12.4. The topological polar surface area (TPSA) is 29.1 Å². The molecule has 2 heteroatoms. The van der Waals surface area contributed by atoms with Gasteiger partial charge in [0, 0.05) is 13.0 Å². The highest BCUT2D eigenvalue weighted by Crippen LogP contribution is 2.36. The second kappa shape index (κ2) is 11.2. The van der Waals surface area contributed by atoms with Crippen molar-refractivity contribution in [3.63, 3.8) is 0 Å². The van der Waals surface area contributed by atoms with Crippen molar-refractivity contribution in [1.29, 1.82) is 0 Å². The lowest BCUT2D eigenvalue weighted by atomic mass is 9.75. The Morgan fingerprint density at radius 3 is 1.72 bits per heavy atom. The molecule has 25 heavy (non-hydrogen) atoms. The number of amides is 1. The van der Waals surface area contributed by atoms with E-state index in [2.05, 4.69) is 60.7 Å². The van der Waals surface area contributed by atoms with Crippen LogP contribution in [-0.4, -0.2) is 13.0 Å². The lowest BCUT2D eigenvalue weighted by Gasteiger charge is -2.31. The molecule has 0 heterocycles. The summed E-state index contributed by atoms with van der Waals surface area (Å²) in [6.07, 6.45) is 9.45. The molecule has 0 spiro atoms. The smallest absolute Gasteiger partial charge is 0.222 e. The lowest BCUT2D eigenvalue weighted by Crippen LogP contribution is -2.31. The predicted octanol–water partition coefficient (Wildman–Crippen LogP) is 6.83. The summed E-state index contributed by atoms with van der Waals surface area (Å²) in [7, 11) is 1.78. The monoisotopic (exact) mass is 353 g/mol. The molecule has 0 saturated heterocycles. The van der Waals surface area contributed by atoms with E-state index in [1.54, 1.807) is 7.05 Å². The Balaban J connectivity index is 4.56. The van der Waals surface area contributed by atoms with Gasteiger partial charge < -0.3 is 5.32 Å². The van der Waals surface area contributed by atoms with Crippen molar-refractivity contribution in [3.8, 4) is 0 Å². The van der Waals surface area contributed by atoms with Gasteiger partial charge in [0.15, 0.2) is 0 Å². The maximum Gasteiger partial charge on any atom is 0.222 e. The van der Waals surface area contributed by atoms with Crippen LogP contribution in [0.4, 0.5) is 0 Å². The summed E-state index contributed by atoms with van der Waals surface area (Å²) in [5.41, 5.74) is 0.638. The van der Waals surface area contributed by atoms with Crippen LogP contribution in [0.2, 0.25) is 0 Å². The second-order valence-corrected chi connectivity index (χ2v) is 10.6. The molecule has 0 bridgehead atoms. The molecule has 1 amide bonds. The molecule has 0 radical (unpaired) electrons. The molecule has 0 aromatic heterocycles. The number of rotatable bonds is 13. The highest BCUT2D eigenvalue weighted by molar-refractivity contribution is 5.78. The zero-order valence-electron chi connectivity index (χ0n) is 18.8. The Labute approximate surface area is 158 Å². The standard InChI is InChI=1S/C23H47NO/c1-18(2)12-15-22(5,6)14-10-11-20(21(25)24-9)17-23(7,8)16-13-19(3)4/h18-20H,10-17H2,1-9H3,(H,24,25). The van der Waals surface area contributed by atoms with E-state index in [1.165, 1.54) is 32.1 Å². The van der Waals surface area contributed by atoms with E-state index in [4.69, 9.17) is 0 Å². The first kappa shape index (κ1) is 24.5. The zero-order valence-corrected chi connectivity index (χ0v) is 18.8. The van der Waals surface area contributed by atoms with Gasteiger partial charge in [0.1, 0.15) is 0 Å². The van der Waals surface area contributed by atoms with Crippen LogP contribution in [-0.2, 0) is 4.79 Å². The Hall–Kier alpha value is -0.530. The largest absolute Gasteiger partial charge is 0.359 e. The molecule has 2 nitrogen and oxygen atoms in total. The van der Waals surface area contributed by atoms with Crippen molar-refractivity contribution >= 4 is 5.91 Å². The van der Waals surface area contributed by atoms with Gasteiger partial charge in [-0.2, -0.15) is 0 Å². The van der Waals surface area contributed by atoms with Crippen molar-refractivity contribution in [2.75, 3.05) is 7.05 Å². The van der Waals surface area contributed by atoms with E-state index < -0.39 is 0 Å². The number of hydrogen-bond donors (Lipinski definition) is 1. The molecule has 0 fully saturated rings. The molecular formula is C23H47NO. The normalized spacial score (nSPS) is 14.2. The summed E-state index contributed by atoms with van der Waals surface area (Å²) in [6, 6.07) is 0. The molecule has 1 atom stereocenters. The highest BCUT2D eigenvalue weighted by Gasteiger charge is 2.28. The molecule has 150 valence electrons. The third-order valence-electron chi connectivity index (χ3n) is 5.62. The van der Waals surface area contributed by atoms with Gasteiger partial charge in [-0.15, -0.1) is 0 Å². The number of nitrogens with one attached hydrogen (secondary N) is 1. The third-order valence-corrected chi connectivity index (χ3v) is 5.62. The Morgan fingerprint density at radius 1 is 0.800 bits per heavy atom. The van der Waals surface area contributed by atoms with Crippen molar-refractivity contribution in [1.82, 2.24) is 5.32 Å². The van der Waals surface area contributed by atoms with Crippen LogP contribution in [0, 0.1) is 28.6 Å². The summed E-state index contributed by atoms with van der Waals surface area (Å²) in [5, 5.41) is 2.90. The molecule has 0 saturated carbocycles. The number of carbonyl (C=O) groups excluding carboxylic acids is 1. The molecule has 0 aliphatic heterocycles. The molecular weight excluding hydrogens is 306 g/mol. The summed E-state index contributed by atoms with van der Waals surface area (Å²) >= 11 is 0. The van der Waals surface area contributed by atoms with Gasteiger partial charge in [0.05, 0.1) is 0 Å². The quantitative estimate of drug-likeness (QED) is 0.386. The first-order chi connectivity index (χ1) is 11.4. The SMILES string of the molecule is CNC(=O)C(CCCC(C)(C)CCC(C)C)CC(C)(C)CCC(C)C. The minimum Gasteiger partial charge on any atom is -0.359 e. The molecule has 0 aromatic carbocycles. The van der Waals surface area contributed by atoms with Gasteiger partial charge in [-0.05, 0) is 54.8 Å². The van der Waals surface area contributed by atoms with Crippen molar-refractivity contribution in [2.24, 2.45) is 28.6 Å². The fourth-order valence-corrected chi connectivity index (χ4v) is 3.61. The number of carbonyl (C=O) groups is 1. The maximum absolute atomic E-state index is 12.4. The fourth-order valence-electron chi connectivity index (χ4n) is 3.61. The second-order valence-electron chi connectivity index (χ2n) is 10.6. The summed E-state index contributed by atoms with van der Waals surface area (Å²) in [4.78, 5) is 12.4. The van der Waals surface area contributed by atoms with Gasteiger partial charge >= 0.3 is 0 Å². The van der Waals surface area contributed by atoms with Crippen LogP contribution in [0.3, 0.4) is 0 Å². The Kier molecular flexibility index (Phi) is 11.0. The lowest BCUT2D eigenvalue weighted by molar-refractivity contribution is -0.125.